The number of aromatic nitrogens is 3. The lowest BCUT2D eigenvalue weighted by atomic mass is 10.1. The summed E-state index contributed by atoms with van der Waals surface area (Å²) in [6.07, 6.45) is 3.51. The summed E-state index contributed by atoms with van der Waals surface area (Å²) in [6.45, 7) is 1.70. The van der Waals surface area contributed by atoms with Crippen molar-refractivity contribution in [3.8, 4) is 0 Å². The summed E-state index contributed by atoms with van der Waals surface area (Å²) in [5, 5.41) is 4.93. The van der Waals surface area contributed by atoms with E-state index in [9.17, 15) is 9.59 Å². The van der Waals surface area contributed by atoms with Crippen LogP contribution in [-0.2, 0) is 11.3 Å². The third-order valence-electron chi connectivity index (χ3n) is 5.56. The molecule has 7 nitrogen and oxygen atoms in total. The van der Waals surface area contributed by atoms with Crippen molar-refractivity contribution in [3.63, 3.8) is 0 Å². The van der Waals surface area contributed by atoms with Gasteiger partial charge >= 0.3 is 0 Å². The summed E-state index contributed by atoms with van der Waals surface area (Å²) in [7, 11) is 0. The molecule has 1 unspecified atom stereocenters. The molecule has 1 fully saturated rings. The van der Waals surface area contributed by atoms with Gasteiger partial charge in [0.15, 0.2) is 0 Å². The second kappa shape index (κ2) is 7.76. The van der Waals surface area contributed by atoms with E-state index in [1.54, 1.807) is 15.5 Å². The van der Waals surface area contributed by atoms with Crippen LogP contribution in [0.25, 0.3) is 16.6 Å². The lowest BCUT2D eigenvalue weighted by molar-refractivity contribution is 0.0508. The maximum Gasteiger partial charge on any atom is 0.259 e. The van der Waals surface area contributed by atoms with Gasteiger partial charge in [-0.05, 0) is 30.5 Å². The number of aromatic amines is 1. The first-order valence-electron chi connectivity index (χ1n) is 10.1. The van der Waals surface area contributed by atoms with Gasteiger partial charge < -0.3 is 14.6 Å². The molecular weight excluding hydrogens is 380 g/mol. The van der Waals surface area contributed by atoms with Crippen LogP contribution in [0.2, 0.25) is 0 Å². The van der Waals surface area contributed by atoms with Gasteiger partial charge in [0.25, 0.3) is 11.5 Å². The van der Waals surface area contributed by atoms with Gasteiger partial charge in [0.2, 0.25) is 0 Å². The fourth-order valence-electron chi connectivity index (χ4n) is 4.06. The minimum Gasteiger partial charge on any atom is -0.376 e. The molecule has 1 N–H and O–H groups in total. The zero-order chi connectivity index (χ0) is 20.5. The van der Waals surface area contributed by atoms with Crippen molar-refractivity contribution >= 4 is 22.5 Å². The first-order valence-corrected chi connectivity index (χ1v) is 10.1. The molecule has 0 aliphatic carbocycles. The Bertz CT molecular complexity index is 1260. The monoisotopic (exact) mass is 402 g/mol. The highest BCUT2D eigenvalue weighted by molar-refractivity contribution is 6.00. The maximum atomic E-state index is 13.6. The molecule has 5 rings (SSSR count). The van der Waals surface area contributed by atoms with Gasteiger partial charge in [0, 0.05) is 19.7 Å². The Morgan fingerprint density at radius 2 is 1.97 bits per heavy atom. The third-order valence-corrected chi connectivity index (χ3v) is 5.56. The van der Waals surface area contributed by atoms with Crippen LogP contribution >= 0.6 is 0 Å². The Hall–Kier alpha value is -3.45. The first kappa shape index (κ1) is 18.6. The van der Waals surface area contributed by atoms with E-state index in [2.05, 4.69) is 10.1 Å². The largest absolute Gasteiger partial charge is 0.376 e. The van der Waals surface area contributed by atoms with Gasteiger partial charge in [-0.15, -0.1) is 0 Å². The van der Waals surface area contributed by atoms with E-state index in [-0.39, 0.29) is 17.6 Å². The van der Waals surface area contributed by atoms with E-state index in [0.717, 1.165) is 25.0 Å². The number of amides is 1. The zero-order valence-electron chi connectivity index (χ0n) is 16.5. The van der Waals surface area contributed by atoms with Gasteiger partial charge in [-0.3, -0.25) is 9.59 Å². The summed E-state index contributed by atoms with van der Waals surface area (Å²) in [4.78, 5) is 30.7. The van der Waals surface area contributed by atoms with Crippen molar-refractivity contribution < 1.29 is 9.53 Å². The highest BCUT2D eigenvalue weighted by Crippen LogP contribution is 2.20. The Balaban J connectivity index is 1.55. The lowest BCUT2D eigenvalue weighted by Gasteiger charge is -2.25. The molecule has 2 aromatic carbocycles. The van der Waals surface area contributed by atoms with E-state index >= 15 is 0 Å². The van der Waals surface area contributed by atoms with Crippen molar-refractivity contribution in [3.05, 3.63) is 82.3 Å². The smallest absolute Gasteiger partial charge is 0.259 e. The Morgan fingerprint density at radius 3 is 2.77 bits per heavy atom. The number of benzene rings is 2. The van der Waals surface area contributed by atoms with Crippen molar-refractivity contribution in [2.24, 2.45) is 0 Å². The van der Waals surface area contributed by atoms with Crippen LogP contribution < -0.4 is 5.56 Å². The molecule has 1 atom stereocenters. The van der Waals surface area contributed by atoms with Gasteiger partial charge in [-0.1, -0.05) is 42.5 Å². The molecule has 1 amide bonds. The number of nitrogens with zero attached hydrogens (tertiary/aromatic N) is 3. The minimum atomic E-state index is -0.235. The molecule has 7 heteroatoms. The summed E-state index contributed by atoms with van der Waals surface area (Å²) < 4.78 is 7.40. The summed E-state index contributed by atoms with van der Waals surface area (Å²) in [5.74, 6) is -0.171. The molecule has 4 aromatic rings. The van der Waals surface area contributed by atoms with Crippen LogP contribution in [0.3, 0.4) is 0 Å². The maximum absolute atomic E-state index is 13.6. The first-order chi connectivity index (χ1) is 14.7. The number of ether oxygens (including phenoxy) is 1. The predicted octanol–water partition coefficient (Wildman–Crippen LogP) is 3.00. The molecular formula is C23H22N4O3. The number of hydrogen-bond donors (Lipinski definition) is 1. The molecule has 3 heterocycles. The second-order valence-corrected chi connectivity index (χ2v) is 7.60. The predicted molar refractivity (Wildman–Crippen MR) is 113 cm³/mol. The van der Waals surface area contributed by atoms with E-state index in [4.69, 9.17) is 4.74 Å². The fourth-order valence-corrected chi connectivity index (χ4v) is 4.06. The number of carbonyl (C=O) groups is 1. The van der Waals surface area contributed by atoms with Crippen molar-refractivity contribution in [1.29, 1.82) is 0 Å². The summed E-state index contributed by atoms with van der Waals surface area (Å²) >= 11 is 0. The molecule has 0 bridgehead atoms. The van der Waals surface area contributed by atoms with Crippen LogP contribution in [0, 0.1) is 0 Å². The molecule has 1 aliphatic rings. The number of para-hydroxylation sites is 1. The van der Waals surface area contributed by atoms with E-state index in [1.807, 2.05) is 48.5 Å². The third kappa shape index (κ3) is 3.37. The van der Waals surface area contributed by atoms with E-state index < -0.39 is 0 Å². The van der Waals surface area contributed by atoms with Crippen molar-refractivity contribution in [2.45, 2.75) is 25.5 Å². The fraction of sp³-hybridized carbons (Fsp3) is 0.261. The topological polar surface area (TPSA) is 79.7 Å². The van der Waals surface area contributed by atoms with Gasteiger partial charge in [0.1, 0.15) is 11.2 Å². The van der Waals surface area contributed by atoms with Crippen LogP contribution in [0.15, 0.2) is 65.6 Å². The molecule has 152 valence electrons. The van der Waals surface area contributed by atoms with Crippen LogP contribution in [0.5, 0.6) is 0 Å². The quantitative estimate of drug-likeness (QED) is 0.557. The number of rotatable bonds is 5. The lowest BCUT2D eigenvalue weighted by Crippen LogP contribution is -2.37. The Labute approximate surface area is 172 Å². The number of fused-ring (bicyclic) bond motifs is 3. The van der Waals surface area contributed by atoms with Gasteiger partial charge in [-0.25, -0.2) is 4.52 Å². The molecule has 0 radical (unpaired) electrons. The Kier molecular flexibility index (Phi) is 4.80. The number of hydrogen-bond acceptors (Lipinski definition) is 4. The van der Waals surface area contributed by atoms with Gasteiger partial charge in [-0.2, -0.15) is 5.10 Å². The van der Waals surface area contributed by atoms with Gasteiger partial charge in [0.05, 0.1) is 23.2 Å². The molecule has 1 aliphatic heterocycles. The normalized spacial score (nSPS) is 16.3. The number of H-pyrrole nitrogens is 1. The number of nitrogens with one attached hydrogen (secondary N) is 1. The Morgan fingerprint density at radius 1 is 1.17 bits per heavy atom. The van der Waals surface area contributed by atoms with Crippen LogP contribution in [0.1, 0.15) is 28.8 Å². The molecule has 0 saturated carbocycles. The number of carbonyl (C=O) groups excluding carboxylic acids is 1. The summed E-state index contributed by atoms with van der Waals surface area (Å²) in [6, 6.07) is 17.1. The SMILES string of the molecule is O=C(c1cnn2c1[nH]c(=O)c1ccccc12)N(Cc1ccccc1)CC1CCCO1. The van der Waals surface area contributed by atoms with Crippen LogP contribution in [-0.4, -0.2) is 44.7 Å². The molecule has 30 heavy (non-hydrogen) atoms. The van der Waals surface area contributed by atoms with E-state index in [0.29, 0.717) is 35.2 Å². The zero-order valence-corrected chi connectivity index (χ0v) is 16.5. The average Bonchev–Trinajstić information content (AvgIpc) is 3.44. The molecule has 2 aromatic heterocycles. The highest BCUT2D eigenvalue weighted by atomic mass is 16.5. The van der Waals surface area contributed by atoms with Crippen LogP contribution in [0.4, 0.5) is 0 Å². The minimum absolute atomic E-state index is 0.0272. The van der Waals surface area contributed by atoms with E-state index in [1.165, 1.54) is 6.20 Å². The standard InChI is InChI=1S/C23H22N4O3/c28-22-18-10-4-5-11-20(18)27-21(25-22)19(13-24-27)23(29)26(15-17-9-6-12-30-17)14-16-7-2-1-3-8-16/h1-5,7-8,10-11,13,17H,6,9,12,14-15H2,(H,25,28). The summed E-state index contributed by atoms with van der Waals surface area (Å²) in [5.41, 5.74) is 2.27. The van der Waals surface area contributed by atoms with Crippen molar-refractivity contribution in [1.82, 2.24) is 19.5 Å². The highest BCUT2D eigenvalue weighted by Gasteiger charge is 2.26. The second-order valence-electron chi connectivity index (χ2n) is 7.60. The van der Waals surface area contributed by atoms with Crippen molar-refractivity contribution in [2.75, 3.05) is 13.2 Å². The molecule has 0 spiro atoms. The molecule has 1 saturated heterocycles. The average molecular weight is 402 g/mol.